The zero-order chi connectivity index (χ0) is 11.6. The summed E-state index contributed by atoms with van der Waals surface area (Å²) >= 11 is 0. The Morgan fingerprint density at radius 2 is 2.19 bits per heavy atom. The predicted octanol–water partition coefficient (Wildman–Crippen LogP) is 3.14. The molecule has 1 aliphatic heterocycles. The second kappa shape index (κ2) is 4.16. The molecule has 0 spiro atoms. The van der Waals surface area contributed by atoms with E-state index in [2.05, 4.69) is 25.8 Å². The molecule has 0 radical (unpaired) electrons. The zero-order valence-corrected chi connectivity index (χ0v) is 9.93. The van der Waals surface area contributed by atoms with Crippen LogP contribution in [0.2, 0.25) is 0 Å². The molecule has 0 aromatic carbocycles. The molecule has 1 aromatic heterocycles. The van der Waals surface area contributed by atoms with E-state index in [-0.39, 0.29) is 11.5 Å². The van der Waals surface area contributed by atoms with Crippen molar-refractivity contribution in [2.24, 2.45) is 10.4 Å². The molecule has 1 atom stereocenters. The average Bonchev–Trinajstić information content (AvgIpc) is 2.85. The standard InChI is InChI=1S/C13H17NO2/c1-13(2,3)11-9-16-12(14-11)7-6-10-5-4-8-15-10/h4-8,11H,9H2,1-3H3/b7-6+/t11-/m1/s1. The van der Waals surface area contributed by atoms with Crippen molar-refractivity contribution in [3.8, 4) is 0 Å². The van der Waals surface area contributed by atoms with Crippen molar-refractivity contribution in [1.29, 1.82) is 0 Å². The number of aliphatic imine (C=N–C) groups is 1. The summed E-state index contributed by atoms with van der Waals surface area (Å²) in [5, 5.41) is 0. The van der Waals surface area contributed by atoms with E-state index in [1.54, 1.807) is 6.26 Å². The normalized spacial score (nSPS) is 21.2. The smallest absolute Gasteiger partial charge is 0.209 e. The number of hydrogen-bond donors (Lipinski definition) is 0. The average molecular weight is 219 g/mol. The molecule has 0 aliphatic carbocycles. The van der Waals surface area contributed by atoms with Gasteiger partial charge in [-0.1, -0.05) is 20.8 Å². The van der Waals surface area contributed by atoms with Crippen LogP contribution in [-0.2, 0) is 4.74 Å². The maximum Gasteiger partial charge on any atom is 0.209 e. The van der Waals surface area contributed by atoms with Crippen LogP contribution in [0.25, 0.3) is 6.08 Å². The molecule has 0 saturated heterocycles. The molecule has 1 aromatic rings. The van der Waals surface area contributed by atoms with Gasteiger partial charge in [0.15, 0.2) is 0 Å². The highest BCUT2D eigenvalue weighted by Gasteiger charge is 2.29. The first kappa shape index (κ1) is 11.0. The molecule has 0 fully saturated rings. The van der Waals surface area contributed by atoms with Gasteiger partial charge in [0.1, 0.15) is 12.4 Å². The molecular formula is C13H17NO2. The summed E-state index contributed by atoms with van der Waals surface area (Å²) < 4.78 is 10.7. The second-order valence-corrected chi connectivity index (χ2v) is 5.01. The van der Waals surface area contributed by atoms with Crippen molar-refractivity contribution in [3.05, 3.63) is 30.2 Å². The Labute approximate surface area is 95.8 Å². The molecule has 86 valence electrons. The first-order valence-corrected chi connectivity index (χ1v) is 5.48. The minimum Gasteiger partial charge on any atom is -0.476 e. The van der Waals surface area contributed by atoms with E-state index < -0.39 is 0 Å². The molecule has 0 amide bonds. The topological polar surface area (TPSA) is 34.7 Å². The quantitative estimate of drug-likeness (QED) is 0.765. The first-order chi connectivity index (χ1) is 7.55. The maximum atomic E-state index is 5.51. The largest absolute Gasteiger partial charge is 0.476 e. The summed E-state index contributed by atoms with van der Waals surface area (Å²) in [5.41, 5.74) is 0.153. The van der Waals surface area contributed by atoms with Crippen LogP contribution in [-0.4, -0.2) is 18.5 Å². The molecule has 1 aliphatic rings. The van der Waals surface area contributed by atoms with E-state index in [1.165, 1.54) is 0 Å². The van der Waals surface area contributed by atoms with Gasteiger partial charge in [0.2, 0.25) is 5.90 Å². The van der Waals surface area contributed by atoms with Gasteiger partial charge in [0, 0.05) is 6.08 Å². The lowest BCUT2D eigenvalue weighted by molar-refractivity contribution is 0.236. The predicted molar refractivity (Wildman–Crippen MR) is 64.4 cm³/mol. The number of furan rings is 1. The van der Waals surface area contributed by atoms with Crippen LogP contribution in [0, 0.1) is 5.41 Å². The lowest BCUT2D eigenvalue weighted by Crippen LogP contribution is -2.25. The van der Waals surface area contributed by atoms with Crippen molar-refractivity contribution < 1.29 is 9.15 Å². The highest BCUT2D eigenvalue weighted by molar-refractivity contribution is 5.92. The van der Waals surface area contributed by atoms with Crippen molar-refractivity contribution in [2.45, 2.75) is 26.8 Å². The molecule has 0 saturated carbocycles. The third-order valence-electron chi connectivity index (χ3n) is 2.61. The zero-order valence-electron chi connectivity index (χ0n) is 9.93. The number of hydrogen-bond acceptors (Lipinski definition) is 3. The van der Waals surface area contributed by atoms with Gasteiger partial charge in [-0.3, -0.25) is 0 Å². The molecule has 16 heavy (non-hydrogen) atoms. The monoisotopic (exact) mass is 219 g/mol. The molecule has 2 rings (SSSR count). The Morgan fingerprint density at radius 3 is 2.75 bits per heavy atom. The number of nitrogens with zero attached hydrogens (tertiary/aromatic N) is 1. The summed E-state index contributed by atoms with van der Waals surface area (Å²) in [6.07, 6.45) is 5.36. The Hall–Kier alpha value is -1.51. The number of ether oxygens (including phenoxy) is 1. The van der Waals surface area contributed by atoms with E-state index in [9.17, 15) is 0 Å². The Kier molecular flexibility index (Phi) is 2.86. The molecule has 2 heterocycles. The van der Waals surface area contributed by atoms with Crippen LogP contribution >= 0.6 is 0 Å². The van der Waals surface area contributed by atoms with Crippen LogP contribution in [0.15, 0.2) is 33.9 Å². The van der Waals surface area contributed by atoms with E-state index in [0.29, 0.717) is 12.5 Å². The van der Waals surface area contributed by atoms with E-state index >= 15 is 0 Å². The summed E-state index contributed by atoms with van der Waals surface area (Å²) in [6, 6.07) is 3.99. The highest BCUT2D eigenvalue weighted by Crippen LogP contribution is 2.26. The lowest BCUT2D eigenvalue weighted by Gasteiger charge is -2.21. The minimum absolute atomic E-state index is 0.153. The Morgan fingerprint density at radius 1 is 1.38 bits per heavy atom. The maximum absolute atomic E-state index is 5.51. The Balaban J connectivity index is 2.02. The van der Waals surface area contributed by atoms with Gasteiger partial charge >= 0.3 is 0 Å². The van der Waals surface area contributed by atoms with Gasteiger partial charge in [-0.05, 0) is 23.6 Å². The molecule has 3 nitrogen and oxygen atoms in total. The van der Waals surface area contributed by atoms with Crippen LogP contribution < -0.4 is 0 Å². The lowest BCUT2D eigenvalue weighted by atomic mass is 9.88. The molecule has 3 heteroatoms. The van der Waals surface area contributed by atoms with Crippen molar-refractivity contribution in [3.63, 3.8) is 0 Å². The van der Waals surface area contributed by atoms with Crippen molar-refractivity contribution >= 4 is 12.0 Å². The van der Waals surface area contributed by atoms with E-state index in [4.69, 9.17) is 9.15 Å². The third kappa shape index (κ3) is 2.54. The van der Waals surface area contributed by atoms with Gasteiger partial charge in [-0.2, -0.15) is 0 Å². The molecular weight excluding hydrogens is 202 g/mol. The summed E-state index contributed by atoms with van der Waals surface area (Å²) in [7, 11) is 0. The molecule has 0 N–H and O–H groups in total. The van der Waals surface area contributed by atoms with Crippen LogP contribution in [0.1, 0.15) is 26.5 Å². The van der Waals surface area contributed by atoms with Crippen molar-refractivity contribution in [2.75, 3.05) is 6.61 Å². The van der Waals surface area contributed by atoms with E-state index in [0.717, 1.165) is 5.76 Å². The van der Waals surface area contributed by atoms with E-state index in [1.807, 2.05) is 24.3 Å². The van der Waals surface area contributed by atoms with Gasteiger partial charge in [-0.15, -0.1) is 0 Å². The fourth-order valence-corrected chi connectivity index (χ4v) is 1.47. The van der Waals surface area contributed by atoms with Gasteiger partial charge in [-0.25, -0.2) is 4.99 Å². The summed E-state index contributed by atoms with van der Waals surface area (Å²) in [6.45, 7) is 7.18. The second-order valence-electron chi connectivity index (χ2n) is 5.01. The summed E-state index contributed by atoms with van der Waals surface area (Å²) in [4.78, 5) is 4.52. The van der Waals surface area contributed by atoms with Gasteiger partial charge in [0.25, 0.3) is 0 Å². The fraction of sp³-hybridized carbons (Fsp3) is 0.462. The molecule has 0 unspecified atom stereocenters. The van der Waals surface area contributed by atoms with Crippen molar-refractivity contribution in [1.82, 2.24) is 0 Å². The minimum atomic E-state index is 0.153. The van der Waals surface area contributed by atoms with Crippen LogP contribution in [0.3, 0.4) is 0 Å². The van der Waals surface area contributed by atoms with Gasteiger partial charge in [0.05, 0.1) is 12.3 Å². The van der Waals surface area contributed by atoms with Crippen LogP contribution in [0.4, 0.5) is 0 Å². The summed E-state index contributed by atoms with van der Waals surface area (Å²) in [5.74, 6) is 1.50. The third-order valence-corrected chi connectivity index (χ3v) is 2.61. The Bertz CT molecular complexity index is 396. The van der Waals surface area contributed by atoms with Crippen LogP contribution in [0.5, 0.6) is 0 Å². The highest BCUT2D eigenvalue weighted by atomic mass is 16.5. The molecule has 0 bridgehead atoms. The SMILES string of the molecule is CC(C)(C)[C@H]1COC(/C=C/c2ccco2)=N1. The first-order valence-electron chi connectivity index (χ1n) is 5.48. The number of rotatable bonds is 2. The fourth-order valence-electron chi connectivity index (χ4n) is 1.47. The van der Waals surface area contributed by atoms with Gasteiger partial charge < -0.3 is 9.15 Å².